The fraction of sp³-hybridized carbons (Fsp3) is 0.667. The fourth-order valence-electron chi connectivity index (χ4n) is 2.18. The quantitative estimate of drug-likeness (QED) is 0.339. The van der Waals surface area contributed by atoms with E-state index in [0.717, 1.165) is 25.7 Å². The molecule has 5 heteroatoms. The summed E-state index contributed by atoms with van der Waals surface area (Å²) in [4.78, 5) is 0. The van der Waals surface area contributed by atoms with E-state index in [2.05, 4.69) is 13.8 Å². The summed E-state index contributed by atoms with van der Waals surface area (Å²) in [6.07, 6.45) is 9.03. The zero-order valence-corrected chi connectivity index (χ0v) is 14.6. The summed E-state index contributed by atoms with van der Waals surface area (Å²) in [5.41, 5.74) is 0. The first kappa shape index (κ1) is 20.0. The Morgan fingerprint density at radius 1 is 0.870 bits per heavy atom. The van der Waals surface area contributed by atoms with Crippen molar-refractivity contribution in [3.8, 4) is 5.75 Å². The molecular formula is C18H30BFO3. The molecule has 1 rings (SSSR count). The molecule has 0 aliphatic rings. The number of unbranched alkanes of at least 4 members (excludes halogenated alkanes) is 6. The van der Waals surface area contributed by atoms with E-state index in [9.17, 15) is 4.39 Å². The third-order valence-electron chi connectivity index (χ3n) is 3.53. The van der Waals surface area contributed by atoms with Crippen LogP contribution in [0.2, 0.25) is 0 Å². The van der Waals surface area contributed by atoms with Gasteiger partial charge in [0.25, 0.3) is 0 Å². The van der Waals surface area contributed by atoms with Gasteiger partial charge in [-0.2, -0.15) is 0 Å². The van der Waals surface area contributed by atoms with Crippen molar-refractivity contribution >= 4 is 7.32 Å². The second-order valence-corrected chi connectivity index (χ2v) is 5.73. The van der Waals surface area contributed by atoms with E-state index in [1.165, 1.54) is 37.8 Å². The van der Waals surface area contributed by atoms with E-state index in [0.29, 0.717) is 19.0 Å². The van der Waals surface area contributed by atoms with Crippen LogP contribution in [0.4, 0.5) is 4.39 Å². The minimum Gasteiger partial charge on any atom is -0.512 e. The molecule has 0 fully saturated rings. The Labute approximate surface area is 140 Å². The van der Waals surface area contributed by atoms with E-state index < -0.39 is 7.32 Å². The molecule has 0 atom stereocenters. The first-order valence-electron chi connectivity index (χ1n) is 8.91. The monoisotopic (exact) mass is 324 g/mol. The molecule has 23 heavy (non-hydrogen) atoms. The molecule has 0 saturated carbocycles. The van der Waals surface area contributed by atoms with Crippen LogP contribution in [-0.2, 0) is 9.31 Å². The molecule has 0 N–H and O–H groups in total. The lowest BCUT2D eigenvalue weighted by molar-refractivity contribution is 0.135. The van der Waals surface area contributed by atoms with Gasteiger partial charge >= 0.3 is 7.32 Å². The van der Waals surface area contributed by atoms with Gasteiger partial charge in [-0.3, -0.25) is 0 Å². The fourth-order valence-corrected chi connectivity index (χ4v) is 2.18. The molecule has 0 spiro atoms. The van der Waals surface area contributed by atoms with Crippen LogP contribution < -0.4 is 4.65 Å². The number of rotatable bonds is 14. The maximum Gasteiger partial charge on any atom is 0.713 e. The first-order valence-corrected chi connectivity index (χ1v) is 8.91. The zero-order valence-electron chi connectivity index (χ0n) is 14.6. The Morgan fingerprint density at radius 3 is 2.00 bits per heavy atom. The molecule has 0 bridgehead atoms. The maximum atomic E-state index is 13.2. The van der Waals surface area contributed by atoms with E-state index >= 15 is 0 Å². The topological polar surface area (TPSA) is 27.7 Å². The molecule has 0 radical (unpaired) electrons. The van der Waals surface area contributed by atoms with Gasteiger partial charge in [-0.05, 0) is 25.0 Å². The van der Waals surface area contributed by atoms with E-state index in [1.54, 1.807) is 12.1 Å². The van der Waals surface area contributed by atoms with Crippen LogP contribution in [0, 0.1) is 5.82 Å². The standard InChI is InChI=1S/C18H30BFO3/c1-3-5-7-9-14-21-19(22-15-10-8-6-4-2)23-18-13-11-12-17(20)16-18/h11-13,16H,3-10,14-15H2,1-2H3. The van der Waals surface area contributed by atoms with Crippen molar-refractivity contribution in [3.05, 3.63) is 30.1 Å². The van der Waals surface area contributed by atoms with Crippen molar-refractivity contribution in [2.24, 2.45) is 0 Å². The number of hydrogen-bond donors (Lipinski definition) is 0. The Balaban J connectivity index is 2.37. The average Bonchev–Trinajstić information content (AvgIpc) is 2.54. The van der Waals surface area contributed by atoms with Crippen molar-refractivity contribution in [2.75, 3.05) is 13.2 Å². The van der Waals surface area contributed by atoms with Crippen molar-refractivity contribution in [3.63, 3.8) is 0 Å². The number of benzene rings is 1. The second-order valence-electron chi connectivity index (χ2n) is 5.73. The summed E-state index contributed by atoms with van der Waals surface area (Å²) >= 11 is 0. The van der Waals surface area contributed by atoms with E-state index in [1.807, 2.05) is 0 Å². The van der Waals surface area contributed by atoms with E-state index in [4.69, 9.17) is 14.0 Å². The third kappa shape index (κ3) is 10.3. The molecule has 0 heterocycles. The molecule has 130 valence electrons. The van der Waals surface area contributed by atoms with Gasteiger partial charge in [0.05, 0.1) is 0 Å². The van der Waals surface area contributed by atoms with Crippen LogP contribution in [0.1, 0.15) is 65.2 Å². The maximum absolute atomic E-state index is 13.2. The van der Waals surface area contributed by atoms with Crippen molar-refractivity contribution in [2.45, 2.75) is 65.2 Å². The van der Waals surface area contributed by atoms with Gasteiger partial charge in [-0.15, -0.1) is 0 Å². The third-order valence-corrected chi connectivity index (χ3v) is 3.53. The van der Waals surface area contributed by atoms with Crippen LogP contribution in [0.25, 0.3) is 0 Å². The van der Waals surface area contributed by atoms with Crippen LogP contribution in [-0.4, -0.2) is 20.5 Å². The predicted octanol–water partition coefficient (Wildman–Crippen LogP) is 5.38. The Bertz CT molecular complexity index is 390. The highest BCUT2D eigenvalue weighted by molar-refractivity contribution is 6.37. The van der Waals surface area contributed by atoms with Gasteiger partial charge in [-0.25, -0.2) is 4.39 Å². The Hall–Kier alpha value is -1.07. The average molecular weight is 324 g/mol. The molecule has 1 aromatic rings. The molecule has 3 nitrogen and oxygen atoms in total. The van der Waals surface area contributed by atoms with Crippen LogP contribution in [0.5, 0.6) is 5.75 Å². The van der Waals surface area contributed by atoms with Crippen molar-refractivity contribution in [1.29, 1.82) is 0 Å². The van der Waals surface area contributed by atoms with Crippen molar-refractivity contribution in [1.82, 2.24) is 0 Å². The molecule has 0 aliphatic carbocycles. The number of halogens is 1. The smallest absolute Gasteiger partial charge is 0.512 e. The first-order chi connectivity index (χ1) is 11.3. The molecule has 1 aromatic carbocycles. The zero-order chi connectivity index (χ0) is 16.8. The Kier molecular flexibility index (Phi) is 11.6. The van der Waals surface area contributed by atoms with Gasteiger partial charge < -0.3 is 14.0 Å². The summed E-state index contributed by atoms with van der Waals surface area (Å²) in [5, 5.41) is 0. The Morgan fingerprint density at radius 2 is 1.48 bits per heavy atom. The lowest BCUT2D eigenvalue weighted by Gasteiger charge is -2.15. The number of hydrogen-bond acceptors (Lipinski definition) is 3. The van der Waals surface area contributed by atoms with E-state index in [-0.39, 0.29) is 5.82 Å². The van der Waals surface area contributed by atoms with Crippen LogP contribution in [0.3, 0.4) is 0 Å². The summed E-state index contributed by atoms with van der Waals surface area (Å²) in [6, 6.07) is 6.05. The lowest BCUT2D eigenvalue weighted by atomic mass is 10.1. The highest BCUT2D eigenvalue weighted by Gasteiger charge is 2.23. The summed E-state index contributed by atoms with van der Waals surface area (Å²) in [5.74, 6) is 0.101. The molecular weight excluding hydrogens is 294 g/mol. The lowest BCUT2D eigenvalue weighted by Crippen LogP contribution is -2.31. The summed E-state index contributed by atoms with van der Waals surface area (Å²) in [6.45, 7) is 5.54. The van der Waals surface area contributed by atoms with Gasteiger partial charge in [-0.1, -0.05) is 58.4 Å². The SMILES string of the molecule is CCCCCCOB(OCCCCCC)Oc1cccc(F)c1. The minimum absolute atomic E-state index is 0.327. The summed E-state index contributed by atoms with van der Waals surface area (Å²) < 4.78 is 30.2. The van der Waals surface area contributed by atoms with Gasteiger partial charge in [0.15, 0.2) is 0 Å². The molecule has 0 aliphatic heterocycles. The largest absolute Gasteiger partial charge is 0.713 e. The summed E-state index contributed by atoms with van der Waals surface area (Å²) in [7, 11) is -0.764. The molecule has 0 saturated heterocycles. The molecule has 0 amide bonds. The molecule has 0 unspecified atom stereocenters. The highest BCUT2D eigenvalue weighted by Crippen LogP contribution is 2.14. The van der Waals surface area contributed by atoms with Crippen molar-refractivity contribution < 1.29 is 18.4 Å². The van der Waals surface area contributed by atoms with Gasteiger partial charge in [0, 0.05) is 19.3 Å². The van der Waals surface area contributed by atoms with Crippen LogP contribution >= 0.6 is 0 Å². The highest BCUT2D eigenvalue weighted by atomic mass is 19.1. The normalized spacial score (nSPS) is 10.7. The van der Waals surface area contributed by atoms with Gasteiger partial charge in [0.2, 0.25) is 0 Å². The predicted molar refractivity (Wildman–Crippen MR) is 93.0 cm³/mol. The van der Waals surface area contributed by atoms with Crippen LogP contribution in [0.15, 0.2) is 24.3 Å². The molecule has 0 aromatic heterocycles. The minimum atomic E-state index is -0.764. The van der Waals surface area contributed by atoms with Gasteiger partial charge in [0.1, 0.15) is 11.6 Å². The second kappa shape index (κ2) is 13.4.